The molecule has 1 heterocycles. The molecule has 0 saturated carbocycles. The Hall–Kier alpha value is -1.06. The summed E-state index contributed by atoms with van der Waals surface area (Å²) < 4.78 is 6.79. The summed E-state index contributed by atoms with van der Waals surface area (Å²) >= 11 is 1.82. The number of hydrogen-bond donors (Lipinski definition) is 1. The fraction of sp³-hybridized carbons (Fsp3) is 0.333. The molecule has 0 aliphatic heterocycles. The molecular weight excluding hydrogens is 206 g/mol. The Kier molecular flexibility index (Phi) is 2.93. The van der Waals surface area contributed by atoms with Crippen molar-refractivity contribution in [3.8, 4) is 5.75 Å². The molecule has 0 unspecified atom stereocenters. The lowest BCUT2D eigenvalue weighted by Gasteiger charge is -2.03. The Morgan fingerprint density at radius 2 is 2.13 bits per heavy atom. The molecule has 0 aliphatic carbocycles. The van der Waals surface area contributed by atoms with Gasteiger partial charge in [0.2, 0.25) is 0 Å². The van der Waals surface area contributed by atoms with E-state index in [0.717, 1.165) is 5.75 Å². The van der Waals surface area contributed by atoms with Crippen LogP contribution in [0.5, 0.6) is 5.75 Å². The van der Waals surface area contributed by atoms with E-state index in [1.54, 1.807) is 0 Å². The van der Waals surface area contributed by atoms with Crippen LogP contribution in [0.1, 0.15) is 10.4 Å². The van der Waals surface area contributed by atoms with Crippen molar-refractivity contribution >= 4 is 21.4 Å². The summed E-state index contributed by atoms with van der Waals surface area (Å²) in [6.07, 6.45) is 0. The van der Waals surface area contributed by atoms with E-state index in [1.165, 1.54) is 20.5 Å². The van der Waals surface area contributed by atoms with Gasteiger partial charge in [-0.15, -0.1) is 11.3 Å². The number of rotatable bonds is 3. The number of aryl methyl sites for hydroxylation is 2. The summed E-state index contributed by atoms with van der Waals surface area (Å²) in [7, 11) is 0. The van der Waals surface area contributed by atoms with Crippen LogP contribution < -0.4 is 10.5 Å². The molecule has 1 aromatic heterocycles. The summed E-state index contributed by atoms with van der Waals surface area (Å²) in [5.41, 5.74) is 6.77. The maximum absolute atomic E-state index is 5.49. The first-order chi connectivity index (χ1) is 7.22. The normalized spacial score (nSPS) is 10.9. The molecule has 80 valence electrons. The van der Waals surface area contributed by atoms with Gasteiger partial charge in [0.15, 0.2) is 0 Å². The Morgan fingerprint density at radius 3 is 2.87 bits per heavy atom. The number of ether oxygens (including phenoxy) is 1. The van der Waals surface area contributed by atoms with Crippen molar-refractivity contribution in [3.05, 3.63) is 28.6 Å². The van der Waals surface area contributed by atoms with Crippen LogP contribution >= 0.6 is 11.3 Å². The van der Waals surface area contributed by atoms with Crippen LogP contribution in [-0.4, -0.2) is 13.2 Å². The first kappa shape index (κ1) is 10.5. The van der Waals surface area contributed by atoms with E-state index in [4.69, 9.17) is 10.5 Å². The molecule has 15 heavy (non-hydrogen) atoms. The van der Waals surface area contributed by atoms with Gasteiger partial charge in [-0.3, -0.25) is 0 Å². The molecule has 0 bridgehead atoms. The van der Waals surface area contributed by atoms with Gasteiger partial charge < -0.3 is 10.5 Å². The highest BCUT2D eigenvalue weighted by Gasteiger charge is 2.05. The molecule has 0 aliphatic rings. The maximum atomic E-state index is 5.49. The van der Waals surface area contributed by atoms with E-state index in [1.807, 2.05) is 17.4 Å². The number of thiophene rings is 1. The van der Waals surface area contributed by atoms with E-state index in [2.05, 4.69) is 26.0 Å². The highest BCUT2D eigenvalue weighted by molar-refractivity contribution is 7.19. The lowest BCUT2D eigenvalue weighted by atomic mass is 10.1. The highest BCUT2D eigenvalue weighted by Crippen LogP contribution is 2.32. The van der Waals surface area contributed by atoms with Crippen LogP contribution in [0.4, 0.5) is 0 Å². The van der Waals surface area contributed by atoms with E-state index >= 15 is 0 Å². The molecule has 1 aromatic carbocycles. The van der Waals surface area contributed by atoms with Gasteiger partial charge in [0, 0.05) is 16.1 Å². The van der Waals surface area contributed by atoms with Gasteiger partial charge in [0.05, 0.1) is 0 Å². The fourth-order valence-corrected chi connectivity index (χ4v) is 2.69. The van der Waals surface area contributed by atoms with Crippen LogP contribution in [0.3, 0.4) is 0 Å². The molecular formula is C12H15NOS. The second kappa shape index (κ2) is 4.21. The Morgan fingerprint density at radius 1 is 1.33 bits per heavy atom. The summed E-state index contributed by atoms with van der Waals surface area (Å²) in [5, 5.41) is 1.33. The molecule has 3 heteroatoms. The monoisotopic (exact) mass is 221 g/mol. The van der Waals surface area contributed by atoms with Crippen LogP contribution in [0.25, 0.3) is 10.1 Å². The smallest absolute Gasteiger partial charge is 0.120 e. The average molecular weight is 221 g/mol. The summed E-state index contributed by atoms with van der Waals surface area (Å²) in [6.45, 7) is 5.45. The topological polar surface area (TPSA) is 35.2 Å². The van der Waals surface area contributed by atoms with Crippen molar-refractivity contribution in [2.45, 2.75) is 13.8 Å². The Bertz CT molecular complexity index is 476. The molecule has 0 spiro atoms. The van der Waals surface area contributed by atoms with Crippen molar-refractivity contribution in [3.63, 3.8) is 0 Å². The van der Waals surface area contributed by atoms with Gasteiger partial charge in [0.25, 0.3) is 0 Å². The van der Waals surface area contributed by atoms with Crippen molar-refractivity contribution in [2.24, 2.45) is 5.73 Å². The minimum Gasteiger partial charge on any atom is -0.492 e. The molecule has 0 amide bonds. The quantitative estimate of drug-likeness (QED) is 0.865. The third-order valence-electron chi connectivity index (χ3n) is 2.53. The van der Waals surface area contributed by atoms with Gasteiger partial charge in [-0.25, -0.2) is 0 Å². The molecule has 2 nitrogen and oxygen atoms in total. The summed E-state index contributed by atoms with van der Waals surface area (Å²) in [6, 6.07) is 6.23. The molecule has 2 rings (SSSR count). The van der Waals surface area contributed by atoms with Gasteiger partial charge in [-0.2, -0.15) is 0 Å². The highest BCUT2D eigenvalue weighted by atomic mass is 32.1. The van der Waals surface area contributed by atoms with Crippen molar-refractivity contribution in [2.75, 3.05) is 13.2 Å². The third-order valence-corrected chi connectivity index (χ3v) is 3.70. The zero-order chi connectivity index (χ0) is 10.8. The SMILES string of the molecule is Cc1sc2cc(OCCN)ccc2c1C. The van der Waals surface area contributed by atoms with E-state index in [9.17, 15) is 0 Å². The molecule has 0 radical (unpaired) electrons. The summed E-state index contributed by atoms with van der Waals surface area (Å²) in [4.78, 5) is 1.38. The largest absolute Gasteiger partial charge is 0.492 e. The van der Waals surface area contributed by atoms with Crippen molar-refractivity contribution in [1.82, 2.24) is 0 Å². The molecule has 2 N–H and O–H groups in total. The minimum atomic E-state index is 0.556. The second-order valence-corrected chi connectivity index (χ2v) is 4.83. The van der Waals surface area contributed by atoms with Crippen LogP contribution in [0.15, 0.2) is 18.2 Å². The predicted octanol–water partition coefficient (Wildman–Crippen LogP) is 2.86. The molecule has 0 atom stereocenters. The fourth-order valence-electron chi connectivity index (χ4n) is 1.59. The van der Waals surface area contributed by atoms with E-state index in [-0.39, 0.29) is 0 Å². The lowest BCUT2D eigenvalue weighted by molar-refractivity contribution is 0.329. The van der Waals surface area contributed by atoms with E-state index in [0.29, 0.717) is 13.2 Å². The zero-order valence-electron chi connectivity index (χ0n) is 9.04. The first-order valence-corrected chi connectivity index (χ1v) is 5.86. The van der Waals surface area contributed by atoms with E-state index < -0.39 is 0 Å². The molecule has 0 fully saturated rings. The number of hydrogen-bond acceptors (Lipinski definition) is 3. The predicted molar refractivity (Wildman–Crippen MR) is 65.8 cm³/mol. The minimum absolute atomic E-state index is 0.556. The first-order valence-electron chi connectivity index (χ1n) is 5.05. The average Bonchev–Trinajstić information content (AvgIpc) is 2.52. The van der Waals surface area contributed by atoms with Crippen LogP contribution in [-0.2, 0) is 0 Å². The van der Waals surface area contributed by atoms with Crippen LogP contribution in [0.2, 0.25) is 0 Å². The summed E-state index contributed by atoms with van der Waals surface area (Å²) in [5.74, 6) is 0.911. The van der Waals surface area contributed by atoms with Gasteiger partial charge in [-0.1, -0.05) is 0 Å². The lowest BCUT2D eigenvalue weighted by Crippen LogP contribution is -2.10. The molecule has 2 aromatic rings. The zero-order valence-corrected chi connectivity index (χ0v) is 9.86. The third kappa shape index (κ3) is 1.98. The van der Waals surface area contributed by atoms with Crippen molar-refractivity contribution in [1.29, 1.82) is 0 Å². The van der Waals surface area contributed by atoms with Gasteiger partial charge in [-0.05, 0) is 43.0 Å². The van der Waals surface area contributed by atoms with Gasteiger partial charge in [0.1, 0.15) is 12.4 Å². The Balaban J connectivity index is 2.39. The number of nitrogens with two attached hydrogens (primary N) is 1. The Labute approximate surface area is 93.7 Å². The number of benzene rings is 1. The van der Waals surface area contributed by atoms with Gasteiger partial charge >= 0.3 is 0 Å². The second-order valence-electron chi connectivity index (χ2n) is 3.58. The maximum Gasteiger partial charge on any atom is 0.120 e. The van der Waals surface area contributed by atoms with Crippen molar-refractivity contribution < 1.29 is 4.74 Å². The standard InChI is InChI=1S/C12H15NOS/c1-8-9(2)15-12-7-10(14-6-5-13)3-4-11(8)12/h3-4,7H,5-6,13H2,1-2H3. The van der Waals surface area contributed by atoms with Crippen LogP contribution in [0, 0.1) is 13.8 Å². The molecule has 0 saturated heterocycles. The number of fused-ring (bicyclic) bond motifs is 1.